The number of rotatable bonds is 4. The SMILES string of the molecule is CCNC(=O)Nc1cccc(/C=C/C(=O)O)n1. The van der Waals surface area contributed by atoms with Crippen LogP contribution in [0.25, 0.3) is 6.08 Å². The predicted molar refractivity (Wildman–Crippen MR) is 63.6 cm³/mol. The van der Waals surface area contributed by atoms with Crippen LogP contribution in [0.15, 0.2) is 24.3 Å². The number of anilines is 1. The Labute approximate surface area is 98.4 Å². The highest BCUT2D eigenvalue weighted by Gasteiger charge is 2.00. The van der Waals surface area contributed by atoms with E-state index in [9.17, 15) is 9.59 Å². The zero-order valence-electron chi connectivity index (χ0n) is 9.30. The lowest BCUT2D eigenvalue weighted by molar-refractivity contribution is -0.131. The van der Waals surface area contributed by atoms with Crippen LogP contribution in [0.3, 0.4) is 0 Å². The lowest BCUT2D eigenvalue weighted by atomic mass is 10.3. The number of carbonyl (C=O) groups excluding carboxylic acids is 1. The summed E-state index contributed by atoms with van der Waals surface area (Å²) < 4.78 is 0. The van der Waals surface area contributed by atoms with Crippen LogP contribution in [-0.2, 0) is 4.79 Å². The molecule has 0 aromatic carbocycles. The third kappa shape index (κ3) is 4.78. The van der Waals surface area contributed by atoms with Gasteiger partial charge in [-0.15, -0.1) is 0 Å². The van der Waals surface area contributed by atoms with Crippen molar-refractivity contribution in [3.05, 3.63) is 30.0 Å². The molecule has 1 aromatic rings. The maximum atomic E-state index is 11.2. The second kappa shape index (κ2) is 6.26. The molecular formula is C11H13N3O3. The van der Waals surface area contributed by atoms with E-state index in [1.54, 1.807) is 25.1 Å². The van der Waals surface area contributed by atoms with Crippen LogP contribution in [0.5, 0.6) is 0 Å². The second-order valence-corrected chi connectivity index (χ2v) is 3.10. The molecule has 17 heavy (non-hydrogen) atoms. The van der Waals surface area contributed by atoms with Gasteiger partial charge in [-0.2, -0.15) is 0 Å². The summed E-state index contributed by atoms with van der Waals surface area (Å²) in [7, 11) is 0. The van der Waals surface area contributed by atoms with Crippen LogP contribution in [0.1, 0.15) is 12.6 Å². The fourth-order valence-electron chi connectivity index (χ4n) is 1.09. The van der Waals surface area contributed by atoms with Crippen molar-refractivity contribution < 1.29 is 14.7 Å². The van der Waals surface area contributed by atoms with Gasteiger partial charge in [-0.1, -0.05) is 6.07 Å². The molecule has 0 aliphatic carbocycles. The Hall–Kier alpha value is -2.37. The average Bonchev–Trinajstić information content (AvgIpc) is 2.27. The zero-order valence-corrected chi connectivity index (χ0v) is 9.30. The molecule has 0 aliphatic heterocycles. The standard InChI is InChI=1S/C11H13N3O3/c1-2-12-11(17)14-9-5-3-4-8(13-9)6-7-10(15)16/h3-7H,2H2,1H3,(H,15,16)(H2,12,13,14,17)/b7-6+. The second-order valence-electron chi connectivity index (χ2n) is 3.10. The number of amides is 2. The quantitative estimate of drug-likeness (QED) is 0.686. The minimum atomic E-state index is -1.05. The lowest BCUT2D eigenvalue weighted by Crippen LogP contribution is -2.28. The molecule has 0 radical (unpaired) electrons. The van der Waals surface area contributed by atoms with Gasteiger partial charge in [-0.25, -0.2) is 14.6 Å². The van der Waals surface area contributed by atoms with Crippen molar-refractivity contribution in [2.45, 2.75) is 6.92 Å². The van der Waals surface area contributed by atoms with Crippen LogP contribution < -0.4 is 10.6 Å². The Morgan fingerprint density at radius 3 is 2.88 bits per heavy atom. The first-order valence-corrected chi connectivity index (χ1v) is 5.04. The zero-order chi connectivity index (χ0) is 12.7. The molecule has 1 aromatic heterocycles. The Kier molecular flexibility index (Phi) is 4.68. The largest absolute Gasteiger partial charge is 0.478 e. The van der Waals surface area contributed by atoms with Crippen LogP contribution >= 0.6 is 0 Å². The van der Waals surface area contributed by atoms with Gasteiger partial charge in [-0.3, -0.25) is 5.32 Å². The number of carboxylic acids is 1. The third-order valence-corrected chi connectivity index (χ3v) is 1.75. The van der Waals surface area contributed by atoms with Gasteiger partial charge >= 0.3 is 12.0 Å². The molecule has 0 saturated heterocycles. The summed E-state index contributed by atoms with van der Waals surface area (Å²) in [5.74, 6) is -0.683. The summed E-state index contributed by atoms with van der Waals surface area (Å²) in [4.78, 5) is 25.6. The Bertz CT molecular complexity index is 443. The molecule has 0 spiro atoms. The Balaban J connectivity index is 2.72. The third-order valence-electron chi connectivity index (χ3n) is 1.75. The van der Waals surface area contributed by atoms with E-state index >= 15 is 0 Å². The van der Waals surface area contributed by atoms with Crippen molar-refractivity contribution in [2.24, 2.45) is 0 Å². The van der Waals surface area contributed by atoms with Crippen molar-refractivity contribution >= 4 is 23.9 Å². The minimum Gasteiger partial charge on any atom is -0.478 e. The van der Waals surface area contributed by atoms with Gasteiger partial charge in [0.05, 0.1) is 5.69 Å². The Morgan fingerprint density at radius 1 is 1.47 bits per heavy atom. The number of hydrogen-bond acceptors (Lipinski definition) is 3. The van der Waals surface area contributed by atoms with E-state index in [1.807, 2.05) is 0 Å². The fourth-order valence-corrected chi connectivity index (χ4v) is 1.09. The summed E-state index contributed by atoms with van der Waals surface area (Å²) >= 11 is 0. The molecule has 0 fully saturated rings. The number of carbonyl (C=O) groups is 2. The Morgan fingerprint density at radius 2 is 2.24 bits per heavy atom. The summed E-state index contributed by atoms with van der Waals surface area (Å²) in [6.07, 6.45) is 2.34. The van der Waals surface area contributed by atoms with Gasteiger partial charge in [0.1, 0.15) is 5.82 Å². The molecule has 1 heterocycles. The van der Waals surface area contributed by atoms with Crippen molar-refractivity contribution in [3.8, 4) is 0 Å². The molecule has 0 unspecified atom stereocenters. The summed E-state index contributed by atoms with van der Waals surface area (Å²) in [5.41, 5.74) is 0.460. The average molecular weight is 235 g/mol. The van der Waals surface area contributed by atoms with Gasteiger partial charge in [0.25, 0.3) is 0 Å². The van der Waals surface area contributed by atoms with Crippen molar-refractivity contribution in [1.29, 1.82) is 0 Å². The van der Waals surface area contributed by atoms with Gasteiger partial charge in [0.15, 0.2) is 0 Å². The van der Waals surface area contributed by atoms with Crippen molar-refractivity contribution in [3.63, 3.8) is 0 Å². The van der Waals surface area contributed by atoms with E-state index in [1.165, 1.54) is 6.08 Å². The first-order valence-electron chi connectivity index (χ1n) is 5.04. The fraction of sp³-hybridized carbons (Fsp3) is 0.182. The summed E-state index contributed by atoms with van der Waals surface area (Å²) in [6.45, 7) is 2.32. The van der Waals surface area contributed by atoms with Crippen LogP contribution in [-0.4, -0.2) is 28.6 Å². The van der Waals surface area contributed by atoms with E-state index in [4.69, 9.17) is 5.11 Å². The molecule has 3 N–H and O–H groups in total. The maximum absolute atomic E-state index is 11.2. The summed E-state index contributed by atoms with van der Waals surface area (Å²) in [5, 5.41) is 13.6. The van der Waals surface area contributed by atoms with Crippen LogP contribution in [0, 0.1) is 0 Å². The van der Waals surface area contributed by atoms with Gasteiger partial charge in [0, 0.05) is 12.6 Å². The smallest absolute Gasteiger partial charge is 0.328 e. The molecule has 6 nitrogen and oxygen atoms in total. The maximum Gasteiger partial charge on any atom is 0.328 e. The molecule has 6 heteroatoms. The van der Waals surface area contributed by atoms with E-state index < -0.39 is 5.97 Å². The summed E-state index contributed by atoms with van der Waals surface area (Å²) in [6, 6.07) is 4.59. The minimum absolute atomic E-state index is 0.348. The first-order chi connectivity index (χ1) is 8.11. The highest BCUT2D eigenvalue weighted by molar-refractivity contribution is 5.88. The number of hydrogen-bond donors (Lipinski definition) is 3. The number of pyridine rings is 1. The topological polar surface area (TPSA) is 91.3 Å². The molecule has 90 valence electrons. The highest BCUT2D eigenvalue weighted by atomic mass is 16.4. The highest BCUT2D eigenvalue weighted by Crippen LogP contribution is 2.06. The molecule has 0 atom stereocenters. The van der Waals surface area contributed by atoms with Crippen LogP contribution in [0.2, 0.25) is 0 Å². The monoisotopic (exact) mass is 235 g/mol. The van der Waals surface area contributed by atoms with Crippen molar-refractivity contribution in [2.75, 3.05) is 11.9 Å². The lowest BCUT2D eigenvalue weighted by Gasteiger charge is -2.05. The van der Waals surface area contributed by atoms with E-state index in [2.05, 4.69) is 15.6 Å². The molecule has 1 rings (SSSR count). The normalized spacial score (nSPS) is 10.2. The molecular weight excluding hydrogens is 222 g/mol. The molecule has 0 saturated carbocycles. The first kappa shape index (κ1) is 12.7. The van der Waals surface area contributed by atoms with E-state index in [-0.39, 0.29) is 6.03 Å². The predicted octanol–water partition coefficient (Wildman–Crippen LogP) is 1.32. The molecule has 0 aliphatic rings. The van der Waals surface area contributed by atoms with E-state index in [0.29, 0.717) is 18.1 Å². The number of aromatic nitrogens is 1. The molecule has 2 amide bonds. The number of aliphatic carboxylic acids is 1. The van der Waals surface area contributed by atoms with Crippen molar-refractivity contribution in [1.82, 2.24) is 10.3 Å². The number of nitrogens with one attached hydrogen (secondary N) is 2. The number of carboxylic acid groups (broad SMARTS) is 1. The van der Waals surface area contributed by atoms with Crippen LogP contribution in [0.4, 0.5) is 10.6 Å². The van der Waals surface area contributed by atoms with Gasteiger partial charge in [0.2, 0.25) is 0 Å². The molecule has 0 bridgehead atoms. The number of nitrogens with zero attached hydrogens (tertiary/aromatic N) is 1. The number of urea groups is 1. The van der Waals surface area contributed by atoms with E-state index in [0.717, 1.165) is 6.08 Å². The van der Waals surface area contributed by atoms with Gasteiger partial charge < -0.3 is 10.4 Å². The van der Waals surface area contributed by atoms with Gasteiger partial charge in [-0.05, 0) is 25.1 Å².